The molecule has 0 aliphatic carbocycles. The maximum absolute atomic E-state index is 13.1. The van der Waals surface area contributed by atoms with E-state index in [1.165, 1.54) is 49.6 Å². The standard InChI is InChI=1S/C22H21FN2O5S/c1-3-30-19-11-8-17(9-12-19)25-31(27,28)21-14-18(10-13-20(21)29-2)24-22(26)15-4-6-16(23)7-5-15/h4-14,25H,3H2,1-2H3,(H,24,26). The van der Waals surface area contributed by atoms with Crippen molar-refractivity contribution in [3.63, 3.8) is 0 Å². The maximum Gasteiger partial charge on any atom is 0.265 e. The normalized spacial score (nSPS) is 10.9. The number of benzene rings is 3. The molecule has 3 rings (SSSR count). The summed E-state index contributed by atoms with van der Waals surface area (Å²) >= 11 is 0. The lowest BCUT2D eigenvalue weighted by Gasteiger charge is -2.14. The zero-order valence-electron chi connectivity index (χ0n) is 16.9. The molecule has 162 valence electrons. The Labute approximate surface area is 179 Å². The van der Waals surface area contributed by atoms with Crippen molar-refractivity contribution < 1.29 is 27.1 Å². The van der Waals surface area contributed by atoms with Crippen LogP contribution in [0.1, 0.15) is 17.3 Å². The van der Waals surface area contributed by atoms with Gasteiger partial charge in [-0.1, -0.05) is 0 Å². The first-order valence-corrected chi connectivity index (χ1v) is 10.8. The van der Waals surface area contributed by atoms with Gasteiger partial charge in [-0.05, 0) is 73.7 Å². The average Bonchev–Trinajstić information content (AvgIpc) is 2.75. The maximum atomic E-state index is 13.1. The highest BCUT2D eigenvalue weighted by Gasteiger charge is 2.21. The van der Waals surface area contributed by atoms with Crippen molar-refractivity contribution in [1.82, 2.24) is 0 Å². The number of anilines is 2. The molecule has 0 bridgehead atoms. The molecule has 0 aliphatic rings. The summed E-state index contributed by atoms with van der Waals surface area (Å²) in [5.41, 5.74) is 0.808. The van der Waals surface area contributed by atoms with Crippen LogP contribution in [-0.4, -0.2) is 28.0 Å². The van der Waals surface area contributed by atoms with Crippen LogP contribution in [0.15, 0.2) is 71.6 Å². The number of hydrogen-bond donors (Lipinski definition) is 2. The van der Waals surface area contributed by atoms with Crippen LogP contribution in [0, 0.1) is 5.82 Å². The Hall–Kier alpha value is -3.59. The van der Waals surface area contributed by atoms with Crippen molar-refractivity contribution in [1.29, 1.82) is 0 Å². The molecule has 0 fully saturated rings. The van der Waals surface area contributed by atoms with E-state index in [0.29, 0.717) is 18.0 Å². The molecule has 0 aromatic heterocycles. The summed E-state index contributed by atoms with van der Waals surface area (Å²) < 4.78 is 52.0. The SMILES string of the molecule is CCOc1ccc(NS(=O)(=O)c2cc(NC(=O)c3ccc(F)cc3)ccc2OC)cc1. The monoisotopic (exact) mass is 444 g/mol. The molecule has 0 aliphatic heterocycles. The number of carbonyl (C=O) groups is 1. The molecular weight excluding hydrogens is 423 g/mol. The second kappa shape index (κ2) is 9.48. The van der Waals surface area contributed by atoms with Gasteiger partial charge in [0.15, 0.2) is 0 Å². The largest absolute Gasteiger partial charge is 0.495 e. The molecule has 0 radical (unpaired) electrons. The van der Waals surface area contributed by atoms with Crippen LogP contribution in [0.2, 0.25) is 0 Å². The molecule has 3 aromatic carbocycles. The smallest absolute Gasteiger partial charge is 0.265 e. The number of carbonyl (C=O) groups excluding carboxylic acids is 1. The highest BCUT2D eigenvalue weighted by atomic mass is 32.2. The molecule has 7 nitrogen and oxygen atoms in total. The number of sulfonamides is 1. The third kappa shape index (κ3) is 5.52. The second-order valence-corrected chi connectivity index (χ2v) is 8.04. The lowest BCUT2D eigenvalue weighted by molar-refractivity contribution is 0.102. The van der Waals surface area contributed by atoms with Gasteiger partial charge in [0.05, 0.1) is 13.7 Å². The van der Waals surface area contributed by atoms with Crippen molar-refractivity contribution in [2.24, 2.45) is 0 Å². The Bertz CT molecular complexity index is 1160. The van der Waals surface area contributed by atoms with Gasteiger partial charge in [-0.15, -0.1) is 0 Å². The zero-order valence-corrected chi connectivity index (χ0v) is 17.7. The van der Waals surface area contributed by atoms with Crippen LogP contribution in [0.3, 0.4) is 0 Å². The molecular formula is C22H21FN2O5S. The molecule has 0 saturated carbocycles. The number of amides is 1. The second-order valence-electron chi connectivity index (χ2n) is 6.39. The third-order valence-electron chi connectivity index (χ3n) is 4.23. The Morgan fingerprint density at radius 3 is 2.23 bits per heavy atom. The fraction of sp³-hybridized carbons (Fsp3) is 0.136. The van der Waals surface area contributed by atoms with Crippen LogP contribution in [0.4, 0.5) is 15.8 Å². The fourth-order valence-corrected chi connectivity index (χ4v) is 4.02. The fourth-order valence-electron chi connectivity index (χ4n) is 2.76. The Morgan fingerprint density at radius 1 is 0.968 bits per heavy atom. The minimum Gasteiger partial charge on any atom is -0.495 e. The van der Waals surface area contributed by atoms with Crippen molar-refractivity contribution in [3.8, 4) is 11.5 Å². The molecule has 9 heteroatoms. The van der Waals surface area contributed by atoms with Gasteiger partial charge in [0, 0.05) is 16.9 Å². The molecule has 31 heavy (non-hydrogen) atoms. The van der Waals surface area contributed by atoms with E-state index in [2.05, 4.69) is 10.0 Å². The van der Waals surface area contributed by atoms with Crippen LogP contribution in [0.5, 0.6) is 11.5 Å². The van der Waals surface area contributed by atoms with Crippen molar-refractivity contribution in [3.05, 3.63) is 78.1 Å². The predicted octanol–water partition coefficient (Wildman–Crippen LogP) is 4.29. The van der Waals surface area contributed by atoms with Crippen molar-refractivity contribution in [2.75, 3.05) is 23.8 Å². The van der Waals surface area contributed by atoms with E-state index in [9.17, 15) is 17.6 Å². The molecule has 2 N–H and O–H groups in total. The number of hydrogen-bond acceptors (Lipinski definition) is 5. The lowest BCUT2D eigenvalue weighted by atomic mass is 10.2. The quantitative estimate of drug-likeness (QED) is 0.541. The summed E-state index contributed by atoms with van der Waals surface area (Å²) in [6.45, 7) is 2.35. The van der Waals surface area contributed by atoms with Gasteiger partial charge in [-0.25, -0.2) is 12.8 Å². The first-order valence-electron chi connectivity index (χ1n) is 9.33. The van der Waals surface area contributed by atoms with E-state index in [1.54, 1.807) is 24.3 Å². The number of halogens is 1. The summed E-state index contributed by atoms with van der Waals surface area (Å²) in [7, 11) is -2.68. The summed E-state index contributed by atoms with van der Waals surface area (Å²) in [6, 6.07) is 15.7. The van der Waals surface area contributed by atoms with E-state index in [1.807, 2.05) is 6.92 Å². The predicted molar refractivity (Wildman–Crippen MR) is 116 cm³/mol. The van der Waals surface area contributed by atoms with Gasteiger partial charge in [0.1, 0.15) is 22.2 Å². The van der Waals surface area contributed by atoms with Crippen LogP contribution >= 0.6 is 0 Å². The Balaban J connectivity index is 1.84. The minimum atomic E-state index is -4.03. The minimum absolute atomic E-state index is 0.109. The number of ether oxygens (including phenoxy) is 2. The molecule has 0 spiro atoms. The molecule has 1 amide bonds. The van der Waals surface area contributed by atoms with E-state index in [4.69, 9.17) is 9.47 Å². The van der Waals surface area contributed by atoms with Crippen LogP contribution < -0.4 is 19.5 Å². The van der Waals surface area contributed by atoms with Crippen molar-refractivity contribution >= 4 is 27.3 Å². The summed E-state index contributed by atoms with van der Waals surface area (Å²) in [6.07, 6.45) is 0. The first-order chi connectivity index (χ1) is 14.8. The molecule has 0 heterocycles. The Morgan fingerprint density at radius 2 is 1.61 bits per heavy atom. The molecule has 0 saturated heterocycles. The van der Waals surface area contributed by atoms with Gasteiger partial charge < -0.3 is 14.8 Å². The van der Waals surface area contributed by atoms with E-state index < -0.39 is 21.7 Å². The summed E-state index contributed by atoms with van der Waals surface area (Å²) in [5.74, 6) is -0.241. The summed E-state index contributed by atoms with van der Waals surface area (Å²) in [4.78, 5) is 12.2. The summed E-state index contributed by atoms with van der Waals surface area (Å²) in [5, 5.41) is 2.60. The highest BCUT2D eigenvalue weighted by molar-refractivity contribution is 7.92. The average molecular weight is 444 g/mol. The zero-order chi connectivity index (χ0) is 22.4. The Kier molecular flexibility index (Phi) is 6.76. The van der Waals surface area contributed by atoms with Gasteiger partial charge >= 0.3 is 0 Å². The lowest BCUT2D eigenvalue weighted by Crippen LogP contribution is -2.16. The van der Waals surface area contributed by atoms with E-state index >= 15 is 0 Å². The highest BCUT2D eigenvalue weighted by Crippen LogP contribution is 2.29. The van der Waals surface area contributed by atoms with Gasteiger partial charge in [0.2, 0.25) is 0 Å². The van der Waals surface area contributed by atoms with Gasteiger partial charge in [-0.3, -0.25) is 9.52 Å². The number of nitrogens with one attached hydrogen (secondary N) is 2. The van der Waals surface area contributed by atoms with Crippen LogP contribution in [0.25, 0.3) is 0 Å². The molecule has 0 unspecified atom stereocenters. The van der Waals surface area contributed by atoms with E-state index in [-0.39, 0.29) is 21.9 Å². The molecule has 3 aromatic rings. The van der Waals surface area contributed by atoms with Crippen molar-refractivity contribution in [2.45, 2.75) is 11.8 Å². The topological polar surface area (TPSA) is 93.7 Å². The van der Waals surface area contributed by atoms with Crippen LogP contribution in [-0.2, 0) is 10.0 Å². The first kappa shape index (κ1) is 22.1. The van der Waals surface area contributed by atoms with Gasteiger partial charge in [-0.2, -0.15) is 0 Å². The molecule has 0 atom stereocenters. The van der Waals surface area contributed by atoms with E-state index in [0.717, 1.165) is 0 Å². The number of methoxy groups -OCH3 is 1. The number of rotatable bonds is 8. The van der Waals surface area contributed by atoms with Gasteiger partial charge in [0.25, 0.3) is 15.9 Å². The third-order valence-corrected chi connectivity index (χ3v) is 5.64.